The van der Waals surface area contributed by atoms with E-state index in [0.29, 0.717) is 0 Å². The second kappa shape index (κ2) is 5.83. The molecule has 2 rings (SSSR count). The van der Waals surface area contributed by atoms with E-state index in [1.54, 1.807) is 12.1 Å². The molecule has 0 saturated heterocycles. The maximum atomic E-state index is 11.9. The lowest BCUT2D eigenvalue weighted by Crippen LogP contribution is -2.12. The highest BCUT2D eigenvalue weighted by Crippen LogP contribution is 2.25. The molecule has 21 heavy (non-hydrogen) atoms. The molecule has 0 aliphatic rings. The molecule has 0 aliphatic heterocycles. The lowest BCUT2D eigenvalue weighted by atomic mass is 10.00. The molecule has 0 saturated carbocycles. The first-order chi connectivity index (χ1) is 9.97. The van der Waals surface area contributed by atoms with Crippen molar-refractivity contribution in [1.82, 2.24) is 0 Å². The van der Waals surface area contributed by atoms with Crippen molar-refractivity contribution in [3.05, 3.63) is 41.5 Å². The number of anilines is 1. The average Bonchev–Trinajstić information content (AvgIpc) is 2.51. The minimum Gasteiger partial charge on any atom is -0.465 e. The maximum absolute atomic E-state index is 11.9. The number of rotatable bonds is 3. The first-order valence-corrected chi connectivity index (χ1v) is 6.39. The largest absolute Gasteiger partial charge is 0.465 e. The van der Waals surface area contributed by atoms with Crippen LogP contribution in [0.15, 0.2) is 30.3 Å². The van der Waals surface area contributed by atoms with Crippen molar-refractivity contribution in [3.63, 3.8) is 0 Å². The van der Waals surface area contributed by atoms with Crippen molar-refractivity contribution in [2.75, 3.05) is 33.2 Å². The van der Waals surface area contributed by atoms with E-state index in [4.69, 9.17) is 9.47 Å². The van der Waals surface area contributed by atoms with E-state index in [9.17, 15) is 9.59 Å². The molecule has 5 heteroatoms. The number of methoxy groups -OCH3 is 2. The smallest absolute Gasteiger partial charge is 0.338 e. The van der Waals surface area contributed by atoms with Gasteiger partial charge in [0.05, 0.1) is 25.3 Å². The molecule has 2 aromatic carbocycles. The van der Waals surface area contributed by atoms with Crippen LogP contribution in [0.5, 0.6) is 0 Å². The number of benzene rings is 2. The summed E-state index contributed by atoms with van der Waals surface area (Å²) in [7, 11) is 6.43. The van der Waals surface area contributed by atoms with Gasteiger partial charge in [-0.1, -0.05) is 6.07 Å². The molecular weight excluding hydrogens is 270 g/mol. The van der Waals surface area contributed by atoms with E-state index in [-0.39, 0.29) is 11.1 Å². The SMILES string of the molecule is COC(=O)c1cc2ccc(N(C)C)cc2cc1C(=O)OC. The van der Waals surface area contributed by atoms with E-state index >= 15 is 0 Å². The van der Waals surface area contributed by atoms with Gasteiger partial charge in [0, 0.05) is 19.8 Å². The van der Waals surface area contributed by atoms with Crippen LogP contribution < -0.4 is 4.90 Å². The topological polar surface area (TPSA) is 55.8 Å². The number of carbonyl (C=O) groups is 2. The first kappa shape index (κ1) is 14.8. The average molecular weight is 287 g/mol. The number of nitrogens with zero attached hydrogens (tertiary/aromatic N) is 1. The summed E-state index contributed by atoms with van der Waals surface area (Å²) in [6.45, 7) is 0. The summed E-state index contributed by atoms with van der Waals surface area (Å²) in [5.74, 6) is -1.12. The van der Waals surface area contributed by atoms with Gasteiger partial charge in [0.2, 0.25) is 0 Å². The Morgan fingerprint density at radius 1 is 0.857 bits per heavy atom. The highest BCUT2D eigenvalue weighted by atomic mass is 16.5. The zero-order valence-electron chi connectivity index (χ0n) is 12.5. The Kier molecular flexibility index (Phi) is 4.12. The van der Waals surface area contributed by atoms with Gasteiger partial charge < -0.3 is 14.4 Å². The fraction of sp³-hybridized carbons (Fsp3) is 0.250. The van der Waals surface area contributed by atoms with Gasteiger partial charge in [-0.05, 0) is 35.0 Å². The lowest BCUT2D eigenvalue weighted by Gasteiger charge is -2.14. The molecule has 0 unspecified atom stereocenters. The van der Waals surface area contributed by atoms with Crippen LogP contribution in [0.3, 0.4) is 0 Å². The van der Waals surface area contributed by atoms with Crippen LogP contribution in [0.25, 0.3) is 10.8 Å². The maximum Gasteiger partial charge on any atom is 0.338 e. The molecule has 0 fully saturated rings. The molecule has 5 nitrogen and oxygen atoms in total. The highest BCUT2D eigenvalue weighted by Gasteiger charge is 2.19. The minimum atomic E-state index is -0.562. The molecule has 0 amide bonds. The van der Waals surface area contributed by atoms with E-state index in [1.807, 2.05) is 37.2 Å². The van der Waals surface area contributed by atoms with Crippen LogP contribution in [-0.2, 0) is 9.47 Å². The van der Waals surface area contributed by atoms with Gasteiger partial charge in [-0.2, -0.15) is 0 Å². The molecule has 0 bridgehead atoms. The Hall–Kier alpha value is -2.56. The number of carbonyl (C=O) groups excluding carboxylic acids is 2. The molecule has 0 atom stereocenters. The second-order valence-electron chi connectivity index (χ2n) is 4.81. The number of esters is 2. The van der Waals surface area contributed by atoms with Crippen LogP contribution >= 0.6 is 0 Å². The Morgan fingerprint density at radius 3 is 1.86 bits per heavy atom. The fourth-order valence-electron chi connectivity index (χ4n) is 2.12. The summed E-state index contributed by atoms with van der Waals surface area (Å²) in [5.41, 5.74) is 1.41. The second-order valence-corrected chi connectivity index (χ2v) is 4.81. The van der Waals surface area contributed by atoms with E-state index in [0.717, 1.165) is 16.5 Å². The number of fused-ring (bicyclic) bond motifs is 1. The predicted molar refractivity (Wildman–Crippen MR) is 81.0 cm³/mol. The van der Waals surface area contributed by atoms with Crippen molar-refractivity contribution in [2.24, 2.45) is 0 Å². The van der Waals surface area contributed by atoms with Crippen molar-refractivity contribution in [1.29, 1.82) is 0 Å². The van der Waals surface area contributed by atoms with Crippen molar-refractivity contribution >= 4 is 28.4 Å². The van der Waals surface area contributed by atoms with Crippen LogP contribution in [0, 0.1) is 0 Å². The summed E-state index contributed by atoms with van der Waals surface area (Å²) < 4.78 is 9.47. The van der Waals surface area contributed by atoms with Crippen LogP contribution in [0.2, 0.25) is 0 Å². The molecule has 0 radical (unpaired) electrons. The number of hydrogen-bond donors (Lipinski definition) is 0. The Morgan fingerprint density at radius 2 is 1.38 bits per heavy atom. The van der Waals surface area contributed by atoms with E-state index in [1.165, 1.54) is 14.2 Å². The van der Waals surface area contributed by atoms with Crippen molar-refractivity contribution in [3.8, 4) is 0 Å². The molecule has 0 spiro atoms. The summed E-state index contributed by atoms with van der Waals surface area (Å²) in [5, 5.41) is 1.71. The third-order valence-corrected chi connectivity index (χ3v) is 3.29. The number of ether oxygens (including phenoxy) is 2. The quantitative estimate of drug-likeness (QED) is 0.812. The Bertz CT molecular complexity index is 707. The van der Waals surface area contributed by atoms with Gasteiger partial charge in [0.15, 0.2) is 0 Å². The third-order valence-electron chi connectivity index (χ3n) is 3.29. The standard InChI is InChI=1S/C16H17NO4/c1-17(2)12-6-5-10-8-13(15(18)20-3)14(16(19)21-4)9-11(10)7-12/h5-9H,1-4H3. The van der Waals surface area contributed by atoms with Gasteiger partial charge in [-0.25, -0.2) is 9.59 Å². The van der Waals surface area contributed by atoms with Gasteiger partial charge >= 0.3 is 11.9 Å². The molecule has 0 N–H and O–H groups in total. The first-order valence-electron chi connectivity index (χ1n) is 6.39. The Labute approximate surface area is 123 Å². The summed E-state index contributed by atoms with van der Waals surface area (Å²) in [6, 6.07) is 9.09. The third kappa shape index (κ3) is 2.81. The molecule has 0 aromatic heterocycles. The molecular formula is C16H17NO4. The van der Waals surface area contributed by atoms with Crippen molar-refractivity contribution in [2.45, 2.75) is 0 Å². The van der Waals surface area contributed by atoms with Gasteiger partial charge in [-0.3, -0.25) is 0 Å². The lowest BCUT2D eigenvalue weighted by molar-refractivity contribution is 0.0555. The Balaban J connectivity index is 2.70. The van der Waals surface area contributed by atoms with Crippen molar-refractivity contribution < 1.29 is 19.1 Å². The molecule has 2 aromatic rings. The van der Waals surface area contributed by atoms with Crippen LogP contribution in [-0.4, -0.2) is 40.3 Å². The predicted octanol–water partition coefficient (Wildman–Crippen LogP) is 2.48. The van der Waals surface area contributed by atoms with Gasteiger partial charge in [0.1, 0.15) is 0 Å². The zero-order chi connectivity index (χ0) is 15.6. The minimum absolute atomic E-state index is 0.202. The van der Waals surface area contributed by atoms with Gasteiger partial charge in [-0.15, -0.1) is 0 Å². The molecule has 110 valence electrons. The number of hydrogen-bond acceptors (Lipinski definition) is 5. The normalized spacial score (nSPS) is 10.3. The molecule has 0 heterocycles. The summed E-state index contributed by atoms with van der Waals surface area (Å²) in [6.07, 6.45) is 0. The summed E-state index contributed by atoms with van der Waals surface area (Å²) >= 11 is 0. The highest BCUT2D eigenvalue weighted by molar-refractivity contribution is 6.07. The zero-order valence-corrected chi connectivity index (χ0v) is 12.5. The monoisotopic (exact) mass is 287 g/mol. The van der Waals surface area contributed by atoms with Crippen LogP contribution in [0.1, 0.15) is 20.7 Å². The van der Waals surface area contributed by atoms with E-state index < -0.39 is 11.9 Å². The summed E-state index contributed by atoms with van der Waals surface area (Å²) in [4.78, 5) is 25.7. The van der Waals surface area contributed by atoms with Gasteiger partial charge in [0.25, 0.3) is 0 Å². The molecule has 0 aliphatic carbocycles. The van der Waals surface area contributed by atoms with E-state index in [2.05, 4.69) is 0 Å². The fourth-order valence-corrected chi connectivity index (χ4v) is 2.12. The van der Waals surface area contributed by atoms with Crippen LogP contribution in [0.4, 0.5) is 5.69 Å².